The number of allylic oxidation sites excluding steroid dienone is 2. The number of rotatable bonds is 15. The molecule has 0 atom stereocenters. The van der Waals surface area contributed by atoms with Crippen molar-refractivity contribution in [3.05, 3.63) is 30.4 Å². The molecule has 5 heteroatoms. The molecule has 1 aromatic carbocycles. The van der Waals surface area contributed by atoms with Crippen LogP contribution in [0.15, 0.2) is 30.4 Å². The highest BCUT2D eigenvalue weighted by atomic mass is 16.4. The maximum Gasteiger partial charge on any atom is 0.303 e. The third-order valence-corrected chi connectivity index (χ3v) is 4.65. The first-order chi connectivity index (χ1) is 14.0. The number of carboxylic acids is 1. The van der Waals surface area contributed by atoms with Gasteiger partial charge in [-0.05, 0) is 44.2 Å². The van der Waals surface area contributed by atoms with Crippen LogP contribution in [0, 0.1) is 0 Å². The number of aliphatic carboxylic acids is 1. The predicted octanol–water partition coefficient (Wildman–Crippen LogP) is 6.91. The molecule has 166 valence electrons. The summed E-state index contributed by atoms with van der Waals surface area (Å²) in [4.78, 5) is 10.3. The van der Waals surface area contributed by atoms with Gasteiger partial charge in [-0.1, -0.05) is 76.5 Å². The first-order valence-electron chi connectivity index (χ1n) is 11.1. The van der Waals surface area contributed by atoms with Gasteiger partial charge >= 0.3 is 5.97 Å². The molecule has 1 aromatic rings. The van der Waals surface area contributed by atoms with Crippen molar-refractivity contribution in [3.63, 3.8) is 0 Å². The van der Waals surface area contributed by atoms with E-state index in [9.17, 15) is 4.79 Å². The van der Waals surface area contributed by atoms with Crippen molar-refractivity contribution >= 4 is 5.97 Å². The number of hydrogen-bond acceptors (Lipinski definition) is 4. The van der Waals surface area contributed by atoms with Crippen LogP contribution in [0.4, 0.5) is 0 Å². The Labute approximate surface area is 176 Å². The lowest BCUT2D eigenvalue weighted by Crippen LogP contribution is -1.93. The summed E-state index contributed by atoms with van der Waals surface area (Å²) < 4.78 is 0. The van der Waals surface area contributed by atoms with Crippen molar-refractivity contribution < 1.29 is 25.2 Å². The van der Waals surface area contributed by atoms with Crippen molar-refractivity contribution in [2.75, 3.05) is 0 Å². The van der Waals surface area contributed by atoms with Gasteiger partial charge in [0.1, 0.15) is 0 Å². The molecule has 0 radical (unpaired) electrons. The molecular formula is C24H40O5. The largest absolute Gasteiger partial charge is 0.504 e. The number of unbranched alkanes of at least 4 members (excludes halogenated alkanes) is 11. The first kappa shape index (κ1) is 26.8. The van der Waals surface area contributed by atoms with Gasteiger partial charge in [0.15, 0.2) is 17.2 Å². The molecule has 0 bridgehead atoms. The normalized spacial score (nSPS) is 10.7. The third-order valence-electron chi connectivity index (χ3n) is 4.65. The lowest BCUT2D eigenvalue weighted by molar-refractivity contribution is -0.137. The summed E-state index contributed by atoms with van der Waals surface area (Å²) in [5.41, 5.74) is 0. The van der Waals surface area contributed by atoms with Gasteiger partial charge in [-0.15, -0.1) is 0 Å². The third kappa shape index (κ3) is 17.6. The molecule has 0 amide bonds. The van der Waals surface area contributed by atoms with Crippen LogP contribution in [-0.2, 0) is 4.79 Å². The monoisotopic (exact) mass is 408 g/mol. The first-order valence-corrected chi connectivity index (χ1v) is 11.1. The topological polar surface area (TPSA) is 98.0 Å². The van der Waals surface area contributed by atoms with Crippen molar-refractivity contribution in [2.24, 2.45) is 0 Å². The van der Waals surface area contributed by atoms with E-state index in [-0.39, 0.29) is 11.5 Å². The predicted molar refractivity (Wildman–Crippen MR) is 119 cm³/mol. The zero-order valence-corrected chi connectivity index (χ0v) is 18.0. The van der Waals surface area contributed by atoms with Gasteiger partial charge < -0.3 is 20.4 Å². The second kappa shape index (κ2) is 19.2. The fraction of sp³-hybridized carbons (Fsp3) is 0.625. The molecule has 1 rings (SSSR count). The Hall–Kier alpha value is -2.17. The summed E-state index contributed by atoms with van der Waals surface area (Å²) in [6.45, 7) is 2.26. The van der Waals surface area contributed by atoms with Gasteiger partial charge in [-0.2, -0.15) is 0 Å². The number of hydrogen-bond donors (Lipinski definition) is 4. The number of benzene rings is 1. The lowest BCUT2D eigenvalue weighted by Gasteiger charge is -1.99. The summed E-state index contributed by atoms with van der Waals surface area (Å²) in [5, 5.41) is 34.6. The average Bonchev–Trinajstić information content (AvgIpc) is 2.69. The van der Waals surface area contributed by atoms with E-state index in [1.807, 2.05) is 0 Å². The standard InChI is InChI=1S/C18H34O2.C6H6O3/c1-2-3-4-5-6-7-8-9-10-11-12-13-14-15-16-17-18(19)20;7-4-2-1-3-5(8)6(4)9/h9-10H,2-8,11-17H2,1H3,(H,19,20);1-3,7-9H. The second-order valence-corrected chi connectivity index (χ2v) is 7.37. The van der Waals surface area contributed by atoms with Crippen LogP contribution in [0.25, 0.3) is 0 Å². The van der Waals surface area contributed by atoms with E-state index in [0.717, 1.165) is 12.8 Å². The molecule has 0 aliphatic carbocycles. The lowest BCUT2D eigenvalue weighted by atomic mass is 10.1. The number of carboxylic acid groups (broad SMARTS) is 1. The number of carbonyl (C=O) groups is 1. The Morgan fingerprint density at radius 1 is 0.759 bits per heavy atom. The molecule has 0 spiro atoms. The Balaban J connectivity index is 0.000000717. The molecule has 0 fully saturated rings. The van der Waals surface area contributed by atoms with Gasteiger partial charge in [0.2, 0.25) is 0 Å². The zero-order valence-electron chi connectivity index (χ0n) is 18.0. The molecule has 0 aliphatic rings. The van der Waals surface area contributed by atoms with Gasteiger partial charge in [0, 0.05) is 6.42 Å². The highest BCUT2D eigenvalue weighted by Gasteiger charge is 2.01. The summed E-state index contributed by atoms with van der Waals surface area (Å²) >= 11 is 0. The van der Waals surface area contributed by atoms with E-state index < -0.39 is 11.7 Å². The van der Waals surface area contributed by atoms with Crippen LogP contribution in [-0.4, -0.2) is 26.4 Å². The number of phenolic OH excluding ortho intramolecular Hbond substituents is 3. The van der Waals surface area contributed by atoms with E-state index in [1.54, 1.807) is 0 Å². The molecule has 0 heterocycles. The summed E-state index contributed by atoms with van der Waals surface area (Å²) in [6, 6.07) is 4.01. The van der Waals surface area contributed by atoms with E-state index in [1.165, 1.54) is 88.8 Å². The van der Waals surface area contributed by atoms with Crippen molar-refractivity contribution in [3.8, 4) is 17.2 Å². The van der Waals surface area contributed by atoms with E-state index >= 15 is 0 Å². The molecule has 0 saturated heterocycles. The van der Waals surface area contributed by atoms with E-state index in [4.69, 9.17) is 20.4 Å². The van der Waals surface area contributed by atoms with Crippen molar-refractivity contribution in [1.82, 2.24) is 0 Å². The SMILES string of the molecule is CCCCCCCCC=CCCCCCCCC(=O)O.Oc1cccc(O)c1O. The van der Waals surface area contributed by atoms with Gasteiger partial charge in [-0.25, -0.2) is 0 Å². The Morgan fingerprint density at radius 2 is 1.21 bits per heavy atom. The highest BCUT2D eigenvalue weighted by molar-refractivity contribution is 5.66. The maximum absolute atomic E-state index is 10.3. The summed E-state index contributed by atoms with van der Waals surface area (Å²) in [7, 11) is 0. The molecule has 5 nitrogen and oxygen atoms in total. The number of phenols is 3. The molecule has 0 aromatic heterocycles. The zero-order chi connectivity index (χ0) is 21.7. The highest BCUT2D eigenvalue weighted by Crippen LogP contribution is 2.32. The smallest absolute Gasteiger partial charge is 0.303 e. The average molecular weight is 409 g/mol. The van der Waals surface area contributed by atoms with Gasteiger partial charge in [0.05, 0.1) is 0 Å². The second-order valence-electron chi connectivity index (χ2n) is 7.37. The number of aromatic hydroxyl groups is 3. The molecule has 0 aliphatic heterocycles. The minimum atomic E-state index is -0.664. The van der Waals surface area contributed by atoms with Crippen LogP contribution in [0.3, 0.4) is 0 Å². The Kier molecular flexibility index (Phi) is 17.7. The minimum Gasteiger partial charge on any atom is -0.504 e. The van der Waals surface area contributed by atoms with E-state index in [2.05, 4.69) is 19.1 Å². The maximum atomic E-state index is 10.3. The molecule has 0 unspecified atom stereocenters. The van der Waals surface area contributed by atoms with Crippen LogP contribution >= 0.6 is 0 Å². The van der Waals surface area contributed by atoms with E-state index in [0.29, 0.717) is 6.42 Å². The fourth-order valence-corrected chi connectivity index (χ4v) is 2.87. The van der Waals surface area contributed by atoms with Crippen LogP contribution in [0.1, 0.15) is 96.8 Å². The minimum absolute atomic E-state index is 0.310. The Morgan fingerprint density at radius 3 is 1.66 bits per heavy atom. The van der Waals surface area contributed by atoms with Crippen molar-refractivity contribution in [2.45, 2.75) is 96.8 Å². The van der Waals surface area contributed by atoms with Crippen LogP contribution in [0.5, 0.6) is 17.2 Å². The fourth-order valence-electron chi connectivity index (χ4n) is 2.87. The van der Waals surface area contributed by atoms with Crippen LogP contribution < -0.4 is 0 Å². The molecule has 4 N–H and O–H groups in total. The molecule has 29 heavy (non-hydrogen) atoms. The molecular weight excluding hydrogens is 368 g/mol. The Bertz CT molecular complexity index is 534. The summed E-state index contributed by atoms with van der Waals surface area (Å²) in [5.74, 6) is -1.76. The quantitative estimate of drug-likeness (QED) is 0.143. The summed E-state index contributed by atoms with van der Waals surface area (Å²) in [6.07, 6.45) is 21.2. The van der Waals surface area contributed by atoms with Gasteiger partial charge in [-0.3, -0.25) is 4.79 Å². The van der Waals surface area contributed by atoms with Crippen LogP contribution in [0.2, 0.25) is 0 Å². The van der Waals surface area contributed by atoms with Crippen molar-refractivity contribution in [1.29, 1.82) is 0 Å². The number of para-hydroxylation sites is 1. The van der Waals surface area contributed by atoms with Gasteiger partial charge in [0.25, 0.3) is 0 Å². The molecule has 0 saturated carbocycles.